The van der Waals surface area contributed by atoms with Crippen LogP contribution in [0.4, 0.5) is 0 Å². The Hall–Kier alpha value is -1.55. The van der Waals surface area contributed by atoms with E-state index in [9.17, 15) is 9.90 Å². The molecule has 0 radical (unpaired) electrons. The van der Waals surface area contributed by atoms with Gasteiger partial charge in [0.15, 0.2) is 0 Å². The number of aromatic hydroxyl groups is 1. The molecule has 1 aromatic rings. The lowest BCUT2D eigenvalue weighted by atomic mass is 10.1. The number of methoxy groups -OCH3 is 1. The van der Waals surface area contributed by atoms with Gasteiger partial charge >= 0.3 is 0 Å². The number of carbonyl (C=O) groups is 1. The first-order chi connectivity index (χ1) is 7.99. The summed E-state index contributed by atoms with van der Waals surface area (Å²) in [6.45, 7) is 4.14. The van der Waals surface area contributed by atoms with Crippen molar-refractivity contribution in [2.75, 3.05) is 20.8 Å². The van der Waals surface area contributed by atoms with Crippen LogP contribution in [0.2, 0.25) is 0 Å². The number of hydrogen-bond acceptors (Lipinski definition) is 3. The largest absolute Gasteiger partial charge is 0.508 e. The van der Waals surface area contributed by atoms with Crippen molar-refractivity contribution in [1.82, 2.24) is 4.90 Å². The molecule has 0 bridgehead atoms. The minimum Gasteiger partial charge on any atom is -0.508 e. The average molecular weight is 237 g/mol. The van der Waals surface area contributed by atoms with E-state index in [4.69, 9.17) is 4.74 Å². The van der Waals surface area contributed by atoms with Crippen molar-refractivity contribution < 1.29 is 14.6 Å². The van der Waals surface area contributed by atoms with Crippen LogP contribution in [0.25, 0.3) is 0 Å². The topological polar surface area (TPSA) is 49.8 Å². The SMILES string of the molecule is COCC(C)N(C)C(=O)c1cccc(O)c1C. The number of carbonyl (C=O) groups excluding carboxylic acids is 1. The molecule has 0 aliphatic heterocycles. The second-order valence-electron chi connectivity index (χ2n) is 4.17. The number of amides is 1. The molecule has 0 saturated carbocycles. The van der Waals surface area contributed by atoms with Gasteiger partial charge in [0.1, 0.15) is 5.75 Å². The zero-order chi connectivity index (χ0) is 13.0. The standard InChI is InChI=1S/C13H19NO3/c1-9(8-17-4)14(3)13(16)11-6-5-7-12(15)10(11)2/h5-7,9,15H,8H2,1-4H3. The molecule has 0 heterocycles. The van der Waals surface area contributed by atoms with Crippen LogP contribution in [0.3, 0.4) is 0 Å². The molecule has 0 fully saturated rings. The molecule has 0 aliphatic carbocycles. The van der Waals surface area contributed by atoms with Gasteiger partial charge in [-0.1, -0.05) is 6.07 Å². The van der Waals surface area contributed by atoms with Crippen LogP contribution in [0.15, 0.2) is 18.2 Å². The summed E-state index contributed by atoms with van der Waals surface area (Å²) >= 11 is 0. The minimum atomic E-state index is -0.108. The molecule has 1 rings (SSSR count). The number of likely N-dealkylation sites (N-methyl/N-ethyl adjacent to an activating group) is 1. The highest BCUT2D eigenvalue weighted by atomic mass is 16.5. The highest BCUT2D eigenvalue weighted by molar-refractivity contribution is 5.96. The molecule has 1 N–H and O–H groups in total. The van der Waals surface area contributed by atoms with Crippen LogP contribution in [0, 0.1) is 6.92 Å². The lowest BCUT2D eigenvalue weighted by molar-refractivity contribution is 0.0632. The first kappa shape index (κ1) is 13.5. The van der Waals surface area contributed by atoms with Crippen LogP contribution >= 0.6 is 0 Å². The third-order valence-corrected chi connectivity index (χ3v) is 2.92. The van der Waals surface area contributed by atoms with Gasteiger partial charge in [-0.05, 0) is 26.0 Å². The van der Waals surface area contributed by atoms with E-state index in [0.717, 1.165) is 0 Å². The van der Waals surface area contributed by atoms with Crippen LogP contribution in [-0.4, -0.2) is 42.7 Å². The molecule has 0 aromatic heterocycles. The van der Waals surface area contributed by atoms with Crippen molar-refractivity contribution in [3.05, 3.63) is 29.3 Å². The lowest BCUT2D eigenvalue weighted by Gasteiger charge is -2.25. The summed E-state index contributed by atoms with van der Waals surface area (Å²) < 4.78 is 5.02. The third kappa shape index (κ3) is 2.97. The average Bonchev–Trinajstić information content (AvgIpc) is 2.31. The Bertz CT molecular complexity index is 404. The van der Waals surface area contributed by atoms with Crippen molar-refractivity contribution >= 4 is 5.91 Å². The van der Waals surface area contributed by atoms with E-state index in [0.29, 0.717) is 17.7 Å². The van der Waals surface area contributed by atoms with E-state index >= 15 is 0 Å². The van der Waals surface area contributed by atoms with Crippen LogP contribution in [0.5, 0.6) is 5.75 Å². The zero-order valence-electron chi connectivity index (χ0n) is 10.7. The van der Waals surface area contributed by atoms with Crippen LogP contribution < -0.4 is 0 Å². The van der Waals surface area contributed by atoms with E-state index in [-0.39, 0.29) is 17.7 Å². The first-order valence-corrected chi connectivity index (χ1v) is 5.53. The molecule has 0 aliphatic rings. The van der Waals surface area contributed by atoms with E-state index in [1.165, 1.54) is 0 Å². The fourth-order valence-corrected chi connectivity index (χ4v) is 1.60. The monoisotopic (exact) mass is 237 g/mol. The Kier molecular flexibility index (Phi) is 4.52. The predicted octanol–water partition coefficient (Wildman–Crippen LogP) is 1.81. The molecule has 1 atom stereocenters. The van der Waals surface area contributed by atoms with Crippen molar-refractivity contribution in [3.8, 4) is 5.75 Å². The number of rotatable bonds is 4. The summed E-state index contributed by atoms with van der Waals surface area (Å²) in [4.78, 5) is 13.8. The lowest BCUT2D eigenvalue weighted by Crippen LogP contribution is -2.38. The highest BCUT2D eigenvalue weighted by Gasteiger charge is 2.19. The number of phenolic OH excluding ortho intramolecular Hbond substituents is 1. The van der Waals surface area contributed by atoms with Crippen molar-refractivity contribution in [1.29, 1.82) is 0 Å². The van der Waals surface area contributed by atoms with Crippen LogP contribution in [0.1, 0.15) is 22.8 Å². The molecule has 0 spiro atoms. The number of benzene rings is 1. The van der Waals surface area contributed by atoms with Gasteiger partial charge < -0.3 is 14.7 Å². The summed E-state index contributed by atoms with van der Waals surface area (Å²) in [6.07, 6.45) is 0. The van der Waals surface area contributed by atoms with E-state index < -0.39 is 0 Å². The smallest absolute Gasteiger partial charge is 0.254 e. The van der Waals surface area contributed by atoms with Gasteiger partial charge in [-0.15, -0.1) is 0 Å². The minimum absolute atomic E-state index is 0.00533. The van der Waals surface area contributed by atoms with Crippen molar-refractivity contribution in [2.45, 2.75) is 19.9 Å². The van der Waals surface area contributed by atoms with Gasteiger partial charge in [0.05, 0.1) is 12.6 Å². The second kappa shape index (κ2) is 5.68. The molecule has 1 unspecified atom stereocenters. The van der Waals surface area contributed by atoms with E-state index in [2.05, 4.69) is 0 Å². The Morgan fingerprint density at radius 1 is 1.53 bits per heavy atom. The van der Waals surface area contributed by atoms with E-state index in [1.807, 2.05) is 6.92 Å². The maximum Gasteiger partial charge on any atom is 0.254 e. The first-order valence-electron chi connectivity index (χ1n) is 5.53. The molecule has 0 saturated heterocycles. The van der Waals surface area contributed by atoms with Crippen molar-refractivity contribution in [2.24, 2.45) is 0 Å². The highest BCUT2D eigenvalue weighted by Crippen LogP contribution is 2.21. The summed E-state index contributed by atoms with van der Waals surface area (Å²) in [6, 6.07) is 4.96. The summed E-state index contributed by atoms with van der Waals surface area (Å²) in [5, 5.41) is 9.58. The van der Waals surface area contributed by atoms with Gasteiger partial charge in [-0.25, -0.2) is 0 Å². The Morgan fingerprint density at radius 3 is 2.76 bits per heavy atom. The van der Waals surface area contributed by atoms with Crippen LogP contribution in [-0.2, 0) is 4.74 Å². The molecule has 1 amide bonds. The fourth-order valence-electron chi connectivity index (χ4n) is 1.60. The maximum absolute atomic E-state index is 12.2. The van der Waals surface area contributed by atoms with Crippen molar-refractivity contribution in [3.63, 3.8) is 0 Å². The normalized spacial score (nSPS) is 12.2. The second-order valence-corrected chi connectivity index (χ2v) is 4.17. The van der Waals surface area contributed by atoms with Gasteiger partial charge in [0, 0.05) is 25.3 Å². The number of hydrogen-bond donors (Lipinski definition) is 1. The molecule has 4 heteroatoms. The zero-order valence-corrected chi connectivity index (χ0v) is 10.7. The summed E-state index contributed by atoms with van der Waals surface area (Å²) in [5.74, 6) is 0.0339. The van der Waals surface area contributed by atoms with Gasteiger partial charge in [-0.2, -0.15) is 0 Å². The molecule has 4 nitrogen and oxygen atoms in total. The Labute approximate surface area is 102 Å². The molecule has 17 heavy (non-hydrogen) atoms. The number of nitrogens with zero attached hydrogens (tertiary/aromatic N) is 1. The predicted molar refractivity (Wildman–Crippen MR) is 66.3 cm³/mol. The fraction of sp³-hybridized carbons (Fsp3) is 0.462. The summed E-state index contributed by atoms with van der Waals surface area (Å²) in [7, 11) is 3.34. The molecule has 1 aromatic carbocycles. The molecular weight excluding hydrogens is 218 g/mol. The molecule has 94 valence electrons. The summed E-state index contributed by atoms with van der Waals surface area (Å²) in [5.41, 5.74) is 1.13. The third-order valence-electron chi connectivity index (χ3n) is 2.92. The number of ether oxygens (including phenoxy) is 1. The quantitative estimate of drug-likeness (QED) is 0.868. The maximum atomic E-state index is 12.2. The number of phenols is 1. The van der Waals surface area contributed by atoms with Gasteiger partial charge in [-0.3, -0.25) is 4.79 Å². The molecular formula is C13H19NO3. The Balaban J connectivity index is 2.93. The van der Waals surface area contributed by atoms with E-state index in [1.54, 1.807) is 44.2 Å². The van der Waals surface area contributed by atoms with Gasteiger partial charge in [0.2, 0.25) is 0 Å². The Morgan fingerprint density at radius 2 is 2.18 bits per heavy atom. The van der Waals surface area contributed by atoms with Gasteiger partial charge in [0.25, 0.3) is 5.91 Å².